The van der Waals surface area contributed by atoms with Crippen molar-refractivity contribution in [3.63, 3.8) is 0 Å². The SMILES string of the molecule is NC1C2CCOC2C1N1C(=O)CC2(CCCCC2)C1=O. The minimum atomic E-state index is -0.404. The molecule has 4 rings (SSSR count). The van der Waals surface area contributed by atoms with Gasteiger partial charge in [0.2, 0.25) is 11.8 Å². The lowest BCUT2D eigenvalue weighted by Gasteiger charge is -2.49. The molecule has 0 aromatic rings. The van der Waals surface area contributed by atoms with Crippen molar-refractivity contribution in [1.82, 2.24) is 4.90 Å². The number of nitrogens with two attached hydrogens (primary N) is 1. The normalized spacial score (nSPS) is 43.0. The van der Waals surface area contributed by atoms with Gasteiger partial charge in [0.05, 0.1) is 17.6 Å². The van der Waals surface area contributed by atoms with Gasteiger partial charge in [-0.2, -0.15) is 0 Å². The van der Waals surface area contributed by atoms with Gasteiger partial charge in [0.15, 0.2) is 0 Å². The van der Waals surface area contributed by atoms with Crippen LogP contribution < -0.4 is 5.73 Å². The molecule has 5 nitrogen and oxygen atoms in total. The number of amides is 2. The fourth-order valence-corrected chi connectivity index (χ4v) is 4.78. The van der Waals surface area contributed by atoms with E-state index in [0.29, 0.717) is 18.9 Å². The number of carbonyl (C=O) groups excluding carboxylic acids is 2. The average Bonchev–Trinajstić information content (AvgIpc) is 2.96. The largest absolute Gasteiger partial charge is 0.376 e. The Morgan fingerprint density at radius 2 is 1.95 bits per heavy atom. The molecule has 0 aromatic heterocycles. The van der Waals surface area contributed by atoms with Crippen LogP contribution in [0.3, 0.4) is 0 Å². The Labute approximate surface area is 118 Å². The lowest BCUT2D eigenvalue weighted by Crippen LogP contribution is -2.70. The number of carbonyl (C=O) groups is 2. The molecule has 2 aliphatic heterocycles. The Morgan fingerprint density at radius 1 is 1.20 bits per heavy atom. The zero-order chi connectivity index (χ0) is 13.9. The Bertz CT molecular complexity index is 458. The van der Waals surface area contributed by atoms with Crippen LogP contribution in [0.25, 0.3) is 0 Å². The van der Waals surface area contributed by atoms with E-state index in [1.165, 1.54) is 11.3 Å². The summed E-state index contributed by atoms with van der Waals surface area (Å²) in [4.78, 5) is 26.8. The highest BCUT2D eigenvalue weighted by atomic mass is 16.5. The lowest BCUT2D eigenvalue weighted by molar-refractivity contribution is -0.156. The molecule has 2 amide bonds. The molecular formula is C15H22N2O3. The molecule has 2 heterocycles. The molecule has 1 spiro atoms. The highest BCUT2D eigenvalue weighted by molar-refractivity contribution is 6.06. The number of likely N-dealkylation sites (tertiary alicyclic amines) is 1. The molecule has 4 aliphatic rings. The molecule has 20 heavy (non-hydrogen) atoms. The van der Waals surface area contributed by atoms with Gasteiger partial charge in [-0.3, -0.25) is 14.5 Å². The fraction of sp³-hybridized carbons (Fsp3) is 0.867. The van der Waals surface area contributed by atoms with E-state index in [1.807, 2.05) is 0 Å². The first-order chi connectivity index (χ1) is 9.64. The number of hydrogen-bond acceptors (Lipinski definition) is 4. The highest BCUT2D eigenvalue weighted by Gasteiger charge is 2.62. The van der Waals surface area contributed by atoms with Gasteiger partial charge in [0, 0.05) is 25.0 Å². The van der Waals surface area contributed by atoms with E-state index in [0.717, 1.165) is 32.1 Å². The van der Waals surface area contributed by atoms with Gasteiger partial charge >= 0.3 is 0 Å². The first kappa shape index (κ1) is 12.8. The van der Waals surface area contributed by atoms with Crippen molar-refractivity contribution in [2.75, 3.05) is 6.61 Å². The van der Waals surface area contributed by atoms with Crippen molar-refractivity contribution < 1.29 is 14.3 Å². The maximum absolute atomic E-state index is 12.9. The summed E-state index contributed by atoms with van der Waals surface area (Å²) in [5.41, 5.74) is 5.80. The Balaban J connectivity index is 1.59. The smallest absolute Gasteiger partial charge is 0.236 e. The minimum Gasteiger partial charge on any atom is -0.376 e. The molecule has 5 heteroatoms. The maximum atomic E-state index is 12.9. The van der Waals surface area contributed by atoms with Crippen molar-refractivity contribution >= 4 is 11.8 Å². The van der Waals surface area contributed by atoms with E-state index in [9.17, 15) is 9.59 Å². The molecule has 2 saturated carbocycles. The maximum Gasteiger partial charge on any atom is 0.236 e. The summed E-state index contributed by atoms with van der Waals surface area (Å²) in [6, 6.07) is -0.294. The van der Waals surface area contributed by atoms with Crippen LogP contribution in [0.1, 0.15) is 44.9 Å². The van der Waals surface area contributed by atoms with E-state index < -0.39 is 5.41 Å². The minimum absolute atomic E-state index is 0.00311. The summed E-state index contributed by atoms with van der Waals surface area (Å²) in [7, 11) is 0. The molecule has 2 saturated heterocycles. The number of ether oxygens (including phenoxy) is 1. The van der Waals surface area contributed by atoms with Crippen LogP contribution in [0.2, 0.25) is 0 Å². The second kappa shape index (κ2) is 4.28. The first-order valence-electron chi connectivity index (χ1n) is 7.88. The standard InChI is InChI=1S/C15H22N2O3/c16-11-9-4-7-20-13(9)12(11)17-10(18)8-15(14(17)19)5-2-1-3-6-15/h9,11-13H,1-8,16H2. The Kier molecular flexibility index (Phi) is 2.73. The third-order valence-corrected chi connectivity index (χ3v) is 5.95. The molecule has 0 bridgehead atoms. The molecule has 0 aromatic carbocycles. The van der Waals surface area contributed by atoms with Crippen molar-refractivity contribution in [3.8, 4) is 0 Å². The Hall–Kier alpha value is -0.940. The molecule has 110 valence electrons. The van der Waals surface area contributed by atoms with Gasteiger partial charge in [-0.1, -0.05) is 19.3 Å². The van der Waals surface area contributed by atoms with Crippen LogP contribution in [0.5, 0.6) is 0 Å². The topological polar surface area (TPSA) is 72.6 Å². The molecule has 0 radical (unpaired) electrons. The van der Waals surface area contributed by atoms with E-state index in [1.54, 1.807) is 0 Å². The van der Waals surface area contributed by atoms with Gasteiger partial charge in [0.1, 0.15) is 0 Å². The van der Waals surface area contributed by atoms with Gasteiger partial charge in [-0.15, -0.1) is 0 Å². The Morgan fingerprint density at radius 3 is 2.70 bits per heavy atom. The summed E-state index contributed by atoms with van der Waals surface area (Å²) < 4.78 is 5.69. The number of nitrogens with zero attached hydrogens (tertiary/aromatic N) is 1. The molecule has 4 fully saturated rings. The second-order valence-corrected chi connectivity index (χ2v) is 6.94. The van der Waals surface area contributed by atoms with Crippen LogP contribution in [-0.4, -0.2) is 41.5 Å². The van der Waals surface area contributed by atoms with Crippen LogP contribution in [0, 0.1) is 11.3 Å². The van der Waals surface area contributed by atoms with Crippen LogP contribution >= 0.6 is 0 Å². The van der Waals surface area contributed by atoms with E-state index >= 15 is 0 Å². The zero-order valence-corrected chi connectivity index (χ0v) is 11.7. The molecular weight excluding hydrogens is 256 g/mol. The third-order valence-electron chi connectivity index (χ3n) is 5.95. The fourth-order valence-electron chi connectivity index (χ4n) is 4.78. The summed E-state index contributed by atoms with van der Waals surface area (Å²) in [6.45, 7) is 0.709. The van der Waals surface area contributed by atoms with Crippen molar-refractivity contribution in [3.05, 3.63) is 0 Å². The second-order valence-electron chi connectivity index (χ2n) is 6.94. The number of hydrogen-bond donors (Lipinski definition) is 1. The highest BCUT2D eigenvalue weighted by Crippen LogP contribution is 2.49. The number of fused-ring (bicyclic) bond motifs is 1. The van der Waals surface area contributed by atoms with Crippen LogP contribution in [0.15, 0.2) is 0 Å². The van der Waals surface area contributed by atoms with Gasteiger partial charge in [-0.25, -0.2) is 0 Å². The summed E-state index contributed by atoms with van der Waals surface area (Å²) in [5, 5.41) is 0. The molecule has 4 atom stereocenters. The number of imide groups is 1. The predicted molar refractivity (Wildman–Crippen MR) is 71.6 cm³/mol. The van der Waals surface area contributed by atoms with Crippen LogP contribution in [0.4, 0.5) is 0 Å². The van der Waals surface area contributed by atoms with Gasteiger partial charge in [0.25, 0.3) is 0 Å². The molecule has 2 N–H and O–H groups in total. The summed E-state index contributed by atoms with van der Waals surface area (Å²) in [6.07, 6.45) is 6.39. The quantitative estimate of drug-likeness (QED) is 0.720. The summed E-state index contributed by atoms with van der Waals surface area (Å²) in [5.74, 6) is 0.353. The van der Waals surface area contributed by atoms with Gasteiger partial charge in [-0.05, 0) is 19.3 Å². The predicted octanol–water partition coefficient (Wildman–Crippen LogP) is 0.810. The van der Waals surface area contributed by atoms with E-state index in [2.05, 4.69) is 0 Å². The van der Waals surface area contributed by atoms with Crippen molar-refractivity contribution in [2.24, 2.45) is 17.1 Å². The number of rotatable bonds is 1. The lowest BCUT2D eigenvalue weighted by atomic mass is 9.70. The van der Waals surface area contributed by atoms with Gasteiger partial charge < -0.3 is 10.5 Å². The average molecular weight is 278 g/mol. The third kappa shape index (κ3) is 1.51. The van der Waals surface area contributed by atoms with Crippen molar-refractivity contribution in [1.29, 1.82) is 0 Å². The molecule has 2 aliphatic carbocycles. The molecule has 4 unspecified atom stereocenters. The first-order valence-corrected chi connectivity index (χ1v) is 7.88. The van der Waals surface area contributed by atoms with Crippen molar-refractivity contribution in [2.45, 2.75) is 63.1 Å². The van der Waals surface area contributed by atoms with E-state index in [4.69, 9.17) is 10.5 Å². The summed E-state index contributed by atoms with van der Waals surface area (Å²) >= 11 is 0. The zero-order valence-electron chi connectivity index (χ0n) is 11.7. The van der Waals surface area contributed by atoms with Crippen LogP contribution in [-0.2, 0) is 14.3 Å². The monoisotopic (exact) mass is 278 g/mol. The van der Waals surface area contributed by atoms with E-state index in [-0.39, 0.29) is 30.0 Å².